The molecule has 1 rings (SSSR count). The van der Waals surface area contributed by atoms with Gasteiger partial charge >= 0.3 is 12.4 Å². The van der Waals surface area contributed by atoms with E-state index in [9.17, 15) is 18.0 Å². The molecule has 0 spiro atoms. The average Bonchev–Trinajstić information content (AvgIpc) is 2.40. The Bertz CT molecular complexity index is 493. The van der Waals surface area contributed by atoms with Crippen molar-refractivity contribution in [2.24, 2.45) is 5.92 Å². The second-order valence-electron chi connectivity index (χ2n) is 5.28. The van der Waals surface area contributed by atoms with E-state index in [-0.39, 0.29) is 5.69 Å². The zero-order chi connectivity index (χ0) is 17.3. The van der Waals surface area contributed by atoms with Gasteiger partial charge in [-0.15, -0.1) is 13.2 Å². The van der Waals surface area contributed by atoms with E-state index in [0.29, 0.717) is 32.1 Å². The van der Waals surface area contributed by atoms with Crippen molar-refractivity contribution in [2.45, 2.75) is 26.6 Å². The van der Waals surface area contributed by atoms with Crippen LogP contribution < -0.4 is 15.4 Å². The van der Waals surface area contributed by atoms with Crippen LogP contribution in [0.3, 0.4) is 0 Å². The summed E-state index contributed by atoms with van der Waals surface area (Å²) in [6.45, 7) is 5.69. The lowest BCUT2D eigenvalue weighted by Gasteiger charge is -2.11. The molecule has 0 saturated carbocycles. The summed E-state index contributed by atoms with van der Waals surface area (Å²) in [6.07, 6.45) is -4.12. The topological polar surface area (TPSA) is 59.6 Å². The van der Waals surface area contributed by atoms with Crippen molar-refractivity contribution in [3.05, 3.63) is 24.3 Å². The zero-order valence-electron chi connectivity index (χ0n) is 13.1. The summed E-state index contributed by atoms with van der Waals surface area (Å²) in [6, 6.07) is 4.57. The molecule has 23 heavy (non-hydrogen) atoms. The molecule has 2 N–H and O–H groups in total. The standard InChI is InChI=1S/C15H21F3N2O3/c1-11(2)10-22-8-4-7-19-14(21)20-12-5-3-6-13(9-12)23-15(16,17)18/h3,5-6,9,11H,4,7-8,10H2,1-2H3,(H2,19,20,21). The van der Waals surface area contributed by atoms with Crippen molar-refractivity contribution in [3.63, 3.8) is 0 Å². The number of carbonyl (C=O) groups is 1. The molecule has 0 aliphatic rings. The van der Waals surface area contributed by atoms with Gasteiger partial charge in [0, 0.05) is 31.5 Å². The molecule has 0 aliphatic heterocycles. The molecule has 0 heterocycles. The Kier molecular flexibility index (Phi) is 7.67. The van der Waals surface area contributed by atoms with Crippen LogP contribution >= 0.6 is 0 Å². The minimum atomic E-state index is -4.77. The smallest absolute Gasteiger partial charge is 0.406 e. The fourth-order valence-corrected chi connectivity index (χ4v) is 1.64. The number of benzene rings is 1. The molecule has 1 aromatic carbocycles. The number of alkyl halides is 3. The summed E-state index contributed by atoms with van der Waals surface area (Å²) in [5.74, 6) is 0.0647. The van der Waals surface area contributed by atoms with Gasteiger partial charge in [0.15, 0.2) is 0 Å². The number of nitrogens with one attached hydrogen (secondary N) is 2. The second-order valence-corrected chi connectivity index (χ2v) is 5.28. The highest BCUT2D eigenvalue weighted by molar-refractivity contribution is 5.89. The first-order valence-electron chi connectivity index (χ1n) is 7.24. The summed E-state index contributed by atoms with van der Waals surface area (Å²) in [4.78, 5) is 11.6. The predicted octanol–water partition coefficient (Wildman–Crippen LogP) is 3.77. The maximum absolute atomic E-state index is 12.1. The number of ether oxygens (including phenoxy) is 2. The zero-order valence-corrected chi connectivity index (χ0v) is 13.1. The van der Waals surface area contributed by atoms with Crippen molar-refractivity contribution in [3.8, 4) is 5.75 Å². The van der Waals surface area contributed by atoms with E-state index in [1.165, 1.54) is 12.1 Å². The lowest BCUT2D eigenvalue weighted by molar-refractivity contribution is -0.274. The van der Waals surface area contributed by atoms with Gasteiger partial charge in [-0.25, -0.2) is 4.79 Å². The van der Waals surface area contributed by atoms with Crippen LogP contribution in [0, 0.1) is 5.92 Å². The average molecular weight is 334 g/mol. The van der Waals surface area contributed by atoms with Gasteiger partial charge in [0.05, 0.1) is 0 Å². The molecule has 5 nitrogen and oxygen atoms in total. The van der Waals surface area contributed by atoms with Gasteiger partial charge < -0.3 is 20.1 Å². The summed E-state index contributed by atoms with van der Waals surface area (Å²) >= 11 is 0. The van der Waals surface area contributed by atoms with E-state index in [4.69, 9.17) is 4.74 Å². The molecule has 2 amide bonds. The number of rotatable bonds is 8. The number of halogens is 3. The van der Waals surface area contributed by atoms with E-state index in [0.717, 1.165) is 12.1 Å². The largest absolute Gasteiger partial charge is 0.573 e. The third-order valence-electron chi connectivity index (χ3n) is 2.53. The highest BCUT2D eigenvalue weighted by Gasteiger charge is 2.31. The quantitative estimate of drug-likeness (QED) is 0.712. The van der Waals surface area contributed by atoms with Crippen molar-refractivity contribution in [1.82, 2.24) is 5.32 Å². The van der Waals surface area contributed by atoms with Crippen LogP contribution in [0.15, 0.2) is 24.3 Å². The first-order valence-corrected chi connectivity index (χ1v) is 7.24. The van der Waals surface area contributed by atoms with E-state index < -0.39 is 18.1 Å². The Labute approximate surface area is 133 Å². The minimum absolute atomic E-state index is 0.209. The molecular formula is C15H21F3N2O3. The first kappa shape index (κ1) is 19.1. The lowest BCUT2D eigenvalue weighted by Crippen LogP contribution is -2.30. The van der Waals surface area contributed by atoms with Crippen LogP contribution in [0.25, 0.3) is 0 Å². The molecule has 8 heteroatoms. The maximum Gasteiger partial charge on any atom is 0.573 e. The number of hydrogen-bond acceptors (Lipinski definition) is 3. The normalized spacial score (nSPS) is 11.4. The van der Waals surface area contributed by atoms with Crippen LogP contribution in [-0.4, -0.2) is 32.2 Å². The Hall–Kier alpha value is -1.96. The molecule has 0 bridgehead atoms. The van der Waals surface area contributed by atoms with Gasteiger partial charge in [0.25, 0.3) is 0 Å². The number of amides is 2. The molecule has 1 aromatic rings. The molecular weight excluding hydrogens is 313 g/mol. The molecule has 0 fully saturated rings. The lowest BCUT2D eigenvalue weighted by atomic mass is 10.2. The van der Waals surface area contributed by atoms with Crippen molar-refractivity contribution < 1.29 is 27.4 Å². The third kappa shape index (κ3) is 9.62. The number of hydrogen-bond donors (Lipinski definition) is 2. The Morgan fingerprint density at radius 1 is 1.30 bits per heavy atom. The van der Waals surface area contributed by atoms with Crippen molar-refractivity contribution >= 4 is 11.7 Å². The summed E-state index contributed by atoms with van der Waals surface area (Å²) in [5.41, 5.74) is 0.209. The van der Waals surface area contributed by atoms with Crippen LogP contribution in [0.2, 0.25) is 0 Å². The summed E-state index contributed by atoms with van der Waals surface area (Å²) in [5, 5.41) is 5.03. The van der Waals surface area contributed by atoms with Gasteiger partial charge in [-0.2, -0.15) is 0 Å². The Morgan fingerprint density at radius 2 is 2.04 bits per heavy atom. The first-order chi connectivity index (χ1) is 10.8. The fourth-order valence-electron chi connectivity index (χ4n) is 1.64. The monoisotopic (exact) mass is 334 g/mol. The molecule has 0 saturated heterocycles. The van der Waals surface area contributed by atoms with E-state index in [2.05, 4.69) is 15.4 Å². The maximum atomic E-state index is 12.1. The molecule has 0 aliphatic carbocycles. The Balaban J connectivity index is 2.30. The molecule has 0 unspecified atom stereocenters. The van der Waals surface area contributed by atoms with Gasteiger partial charge in [-0.05, 0) is 24.5 Å². The Morgan fingerprint density at radius 3 is 2.70 bits per heavy atom. The number of anilines is 1. The third-order valence-corrected chi connectivity index (χ3v) is 2.53. The predicted molar refractivity (Wildman–Crippen MR) is 80.4 cm³/mol. The summed E-state index contributed by atoms with van der Waals surface area (Å²) in [7, 11) is 0. The van der Waals surface area contributed by atoms with Crippen LogP contribution in [-0.2, 0) is 4.74 Å². The second kappa shape index (κ2) is 9.24. The fraction of sp³-hybridized carbons (Fsp3) is 0.533. The van der Waals surface area contributed by atoms with Crippen LogP contribution in [0.1, 0.15) is 20.3 Å². The number of urea groups is 1. The van der Waals surface area contributed by atoms with E-state index in [1.807, 2.05) is 13.8 Å². The highest BCUT2D eigenvalue weighted by Crippen LogP contribution is 2.24. The highest BCUT2D eigenvalue weighted by atomic mass is 19.4. The molecule has 130 valence electrons. The van der Waals surface area contributed by atoms with Gasteiger partial charge in [0.1, 0.15) is 5.75 Å². The van der Waals surface area contributed by atoms with Gasteiger partial charge in [0.2, 0.25) is 0 Å². The van der Waals surface area contributed by atoms with Gasteiger partial charge in [-0.1, -0.05) is 19.9 Å². The summed E-state index contributed by atoms with van der Waals surface area (Å²) < 4.78 is 45.5. The van der Waals surface area contributed by atoms with Crippen LogP contribution in [0.4, 0.5) is 23.7 Å². The van der Waals surface area contributed by atoms with Crippen LogP contribution in [0.5, 0.6) is 5.75 Å². The van der Waals surface area contributed by atoms with E-state index in [1.54, 1.807) is 0 Å². The number of carbonyl (C=O) groups excluding carboxylic acids is 1. The SMILES string of the molecule is CC(C)COCCCNC(=O)Nc1cccc(OC(F)(F)F)c1. The van der Waals surface area contributed by atoms with Crippen molar-refractivity contribution in [2.75, 3.05) is 25.1 Å². The molecule has 0 atom stereocenters. The van der Waals surface area contributed by atoms with E-state index >= 15 is 0 Å². The van der Waals surface area contributed by atoms with Crippen molar-refractivity contribution in [1.29, 1.82) is 0 Å². The van der Waals surface area contributed by atoms with Gasteiger partial charge in [-0.3, -0.25) is 0 Å². The molecule has 0 radical (unpaired) electrons. The minimum Gasteiger partial charge on any atom is -0.406 e. The molecule has 0 aromatic heterocycles.